The van der Waals surface area contributed by atoms with Gasteiger partial charge in [0.25, 0.3) is 0 Å². The van der Waals surface area contributed by atoms with Crippen LogP contribution in [0.15, 0.2) is 0 Å². The number of imidazole rings is 1. The van der Waals surface area contributed by atoms with Crippen molar-refractivity contribution in [2.75, 3.05) is 0 Å². The molecule has 1 aromatic heterocycles. The highest BCUT2D eigenvalue weighted by Crippen LogP contribution is 2.27. The van der Waals surface area contributed by atoms with Gasteiger partial charge in [0.15, 0.2) is 0 Å². The molecule has 2 atom stereocenters. The van der Waals surface area contributed by atoms with Gasteiger partial charge in [-0.25, -0.2) is 4.98 Å². The van der Waals surface area contributed by atoms with Crippen molar-refractivity contribution in [3.8, 4) is 0 Å². The van der Waals surface area contributed by atoms with Gasteiger partial charge in [-0.1, -0.05) is 11.6 Å². The van der Waals surface area contributed by atoms with Gasteiger partial charge in [0.1, 0.15) is 11.0 Å². The molecule has 0 aliphatic carbocycles. The molecule has 2 heterocycles. The molecule has 0 fully saturated rings. The summed E-state index contributed by atoms with van der Waals surface area (Å²) in [5, 5.41) is 0.795. The molecular formula is C10H16ClN3. The summed E-state index contributed by atoms with van der Waals surface area (Å²) in [5.74, 6) is 1.65. The Balaban J connectivity index is 2.27. The van der Waals surface area contributed by atoms with E-state index in [1.165, 1.54) is 0 Å². The number of hydrogen-bond acceptors (Lipinski definition) is 2. The van der Waals surface area contributed by atoms with Crippen LogP contribution in [-0.2, 0) is 13.0 Å². The lowest BCUT2D eigenvalue weighted by Crippen LogP contribution is -2.33. The Hall–Kier alpha value is -0.540. The molecule has 1 aliphatic rings. The van der Waals surface area contributed by atoms with Gasteiger partial charge in [0, 0.05) is 19.0 Å². The lowest BCUT2D eigenvalue weighted by Gasteiger charge is -2.26. The van der Waals surface area contributed by atoms with Crippen molar-refractivity contribution >= 4 is 11.6 Å². The second kappa shape index (κ2) is 3.55. The van der Waals surface area contributed by atoms with Crippen molar-refractivity contribution in [2.24, 2.45) is 11.7 Å². The first-order valence-corrected chi connectivity index (χ1v) is 5.44. The van der Waals surface area contributed by atoms with Crippen LogP contribution in [0.5, 0.6) is 0 Å². The van der Waals surface area contributed by atoms with E-state index in [1.54, 1.807) is 0 Å². The molecule has 2 N–H and O–H groups in total. The van der Waals surface area contributed by atoms with Crippen LogP contribution in [0.2, 0.25) is 5.15 Å². The largest absolute Gasteiger partial charge is 0.328 e. The lowest BCUT2D eigenvalue weighted by atomic mass is 9.92. The minimum absolute atomic E-state index is 0.250. The molecule has 0 aromatic carbocycles. The smallest absolute Gasteiger partial charge is 0.131 e. The first-order chi connectivity index (χ1) is 6.59. The van der Waals surface area contributed by atoms with Gasteiger partial charge in [0.2, 0.25) is 0 Å². The van der Waals surface area contributed by atoms with Crippen LogP contribution in [-0.4, -0.2) is 15.6 Å². The van der Waals surface area contributed by atoms with Gasteiger partial charge in [-0.05, 0) is 26.2 Å². The molecule has 14 heavy (non-hydrogen) atoms. The highest BCUT2D eigenvalue weighted by molar-refractivity contribution is 6.30. The third-order valence-corrected chi connectivity index (χ3v) is 3.53. The third kappa shape index (κ3) is 1.55. The molecule has 0 amide bonds. The van der Waals surface area contributed by atoms with E-state index in [-0.39, 0.29) is 6.04 Å². The zero-order valence-electron chi connectivity index (χ0n) is 8.63. The number of nitrogens with zero attached hydrogens (tertiary/aromatic N) is 2. The fraction of sp³-hybridized carbons (Fsp3) is 0.700. The van der Waals surface area contributed by atoms with Crippen molar-refractivity contribution < 1.29 is 0 Å². The van der Waals surface area contributed by atoms with Crippen LogP contribution in [0, 0.1) is 12.8 Å². The standard InChI is InChI=1S/C10H16ClN3/c1-6(12)8-3-4-14-9(5-8)13-7(2)10(14)11/h6,8H,3-5,12H2,1-2H3. The Morgan fingerprint density at radius 2 is 2.36 bits per heavy atom. The second-order valence-corrected chi connectivity index (χ2v) is 4.53. The minimum atomic E-state index is 0.250. The molecule has 0 saturated heterocycles. The summed E-state index contributed by atoms with van der Waals surface area (Å²) in [5.41, 5.74) is 6.84. The molecule has 0 radical (unpaired) electrons. The maximum atomic E-state index is 6.12. The highest BCUT2D eigenvalue weighted by atomic mass is 35.5. The molecular weight excluding hydrogens is 198 g/mol. The van der Waals surface area contributed by atoms with Crippen molar-refractivity contribution in [1.82, 2.24) is 9.55 Å². The quantitative estimate of drug-likeness (QED) is 0.773. The maximum Gasteiger partial charge on any atom is 0.131 e. The van der Waals surface area contributed by atoms with Crippen molar-refractivity contribution in [3.05, 3.63) is 16.7 Å². The summed E-state index contributed by atoms with van der Waals surface area (Å²) in [7, 11) is 0. The molecule has 4 heteroatoms. The Labute approximate surface area is 89.3 Å². The fourth-order valence-corrected chi connectivity index (χ4v) is 2.30. The zero-order chi connectivity index (χ0) is 10.3. The van der Waals surface area contributed by atoms with Gasteiger partial charge in [-0.3, -0.25) is 0 Å². The molecule has 1 aromatic rings. The van der Waals surface area contributed by atoms with Crippen LogP contribution in [0.1, 0.15) is 24.9 Å². The summed E-state index contributed by atoms with van der Waals surface area (Å²) in [6.07, 6.45) is 2.07. The summed E-state index contributed by atoms with van der Waals surface area (Å²) in [6.45, 7) is 4.98. The molecule has 2 rings (SSSR count). The van der Waals surface area contributed by atoms with Crippen LogP contribution in [0.3, 0.4) is 0 Å². The number of fused-ring (bicyclic) bond motifs is 1. The topological polar surface area (TPSA) is 43.8 Å². The van der Waals surface area contributed by atoms with E-state index in [0.717, 1.165) is 36.1 Å². The Morgan fingerprint density at radius 1 is 1.64 bits per heavy atom. The van der Waals surface area contributed by atoms with E-state index in [0.29, 0.717) is 5.92 Å². The summed E-state index contributed by atoms with van der Waals surface area (Å²) in [4.78, 5) is 4.46. The van der Waals surface area contributed by atoms with Gasteiger partial charge in [-0.15, -0.1) is 0 Å². The minimum Gasteiger partial charge on any atom is -0.328 e. The second-order valence-electron chi connectivity index (χ2n) is 4.17. The average molecular weight is 214 g/mol. The molecule has 0 spiro atoms. The number of aromatic nitrogens is 2. The summed E-state index contributed by atoms with van der Waals surface area (Å²) in [6, 6.07) is 0.250. The van der Waals surface area contributed by atoms with E-state index in [2.05, 4.69) is 16.5 Å². The number of rotatable bonds is 1. The van der Waals surface area contributed by atoms with Crippen molar-refractivity contribution in [1.29, 1.82) is 0 Å². The van der Waals surface area contributed by atoms with E-state index in [9.17, 15) is 0 Å². The summed E-state index contributed by atoms with van der Waals surface area (Å²) >= 11 is 6.12. The Morgan fingerprint density at radius 3 is 3.00 bits per heavy atom. The first-order valence-electron chi connectivity index (χ1n) is 5.06. The van der Waals surface area contributed by atoms with Gasteiger partial charge >= 0.3 is 0 Å². The number of aryl methyl sites for hydroxylation is 1. The van der Waals surface area contributed by atoms with E-state index < -0.39 is 0 Å². The van der Waals surface area contributed by atoms with Crippen molar-refractivity contribution in [2.45, 2.75) is 39.3 Å². The van der Waals surface area contributed by atoms with E-state index >= 15 is 0 Å². The third-order valence-electron chi connectivity index (χ3n) is 3.06. The number of halogens is 1. The monoisotopic (exact) mass is 213 g/mol. The lowest BCUT2D eigenvalue weighted by molar-refractivity contribution is 0.338. The normalized spacial score (nSPS) is 23.3. The number of hydrogen-bond donors (Lipinski definition) is 1. The molecule has 3 nitrogen and oxygen atoms in total. The predicted molar refractivity (Wildman–Crippen MR) is 57.4 cm³/mol. The zero-order valence-corrected chi connectivity index (χ0v) is 9.38. The maximum absolute atomic E-state index is 6.12. The SMILES string of the molecule is Cc1nc2n(c1Cl)CCC(C(C)N)C2. The van der Waals surface area contributed by atoms with E-state index in [1.807, 2.05) is 6.92 Å². The molecule has 0 bridgehead atoms. The first kappa shape index (κ1) is 9.99. The van der Waals surface area contributed by atoms with Gasteiger partial charge in [0.05, 0.1) is 5.69 Å². The van der Waals surface area contributed by atoms with Crippen molar-refractivity contribution in [3.63, 3.8) is 0 Å². The highest BCUT2D eigenvalue weighted by Gasteiger charge is 2.24. The summed E-state index contributed by atoms with van der Waals surface area (Å²) < 4.78 is 2.11. The molecule has 1 aliphatic heterocycles. The molecule has 0 saturated carbocycles. The van der Waals surface area contributed by atoms with E-state index in [4.69, 9.17) is 17.3 Å². The fourth-order valence-electron chi connectivity index (χ4n) is 2.07. The van der Waals surface area contributed by atoms with Crippen LogP contribution in [0.4, 0.5) is 0 Å². The Kier molecular flexibility index (Phi) is 2.54. The van der Waals surface area contributed by atoms with Crippen LogP contribution >= 0.6 is 11.6 Å². The van der Waals surface area contributed by atoms with Gasteiger partial charge < -0.3 is 10.3 Å². The Bertz CT molecular complexity index is 343. The van der Waals surface area contributed by atoms with Gasteiger partial charge in [-0.2, -0.15) is 0 Å². The van der Waals surface area contributed by atoms with Crippen LogP contribution in [0.25, 0.3) is 0 Å². The molecule has 78 valence electrons. The predicted octanol–water partition coefficient (Wildman–Crippen LogP) is 1.75. The van der Waals surface area contributed by atoms with Crippen LogP contribution < -0.4 is 5.73 Å². The average Bonchev–Trinajstić information content (AvgIpc) is 2.42. The molecule has 2 unspecified atom stereocenters. The number of nitrogens with two attached hydrogens (primary N) is 1.